The van der Waals surface area contributed by atoms with Gasteiger partial charge in [-0.3, -0.25) is 9.69 Å². The van der Waals surface area contributed by atoms with E-state index in [0.29, 0.717) is 25.3 Å². The number of hydrogen-bond donors (Lipinski definition) is 1. The first kappa shape index (κ1) is 22.9. The van der Waals surface area contributed by atoms with Crippen molar-refractivity contribution in [1.82, 2.24) is 9.21 Å². The van der Waals surface area contributed by atoms with Crippen LogP contribution in [0, 0.1) is 0 Å². The van der Waals surface area contributed by atoms with Gasteiger partial charge in [0.1, 0.15) is 5.75 Å². The highest BCUT2D eigenvalue weighted by molar-refractivity contribution is 7.89. The lowest BCUT2D eigenvalue weighted by molar-refractivity contribution is -0.117. The fourth-order valence-electron chi connectivity index (χ4n) is 3.07. The molecule has 158 valence electrons. The Morgan fingerprint density at radius 2 is 1.76 bits per heavy atom. The van der Waals surface area contributed by atoms with Crippen molar-refractivity contribution in [2.24, 2.45) is 0 Å². The van der Waals surface area contributed by atoms with Crippen LogP contribution >= 0.6 is 0 Å². The molecular weight excluding hydrogens is 390 g/mol. The fraction of sp³-hybridized carbons (Fsp3) is 0.381. The van der Waals surface area contributed by atoms with Crippen LogP contribution in [0.5, 0.6) is 5.75 Å². The zero-order valence-corrected chi connectivity index (χ0v) is 18.2. The Labute approximate surface area is 173 Å². The smallest absolute Gasteiger partial charge is 0.243 e. The molecule has 0 spiro atoms. The van der Waals surface area contributed by atoms with Crippen LogP contribution in [0.25, 0.3) is 0 Å². The lowest BCUT2D eigenvalue weighted by Gasteiger charge is -2.19. The summed E-state index contributed by atoms with van der Waals surface area (Å²) in [6, 6.07) is 14.0. The highest BCUT2D eigenvalue weighted by atomic mass is 32.2. The van der Waals surface area contributed by atoms with Crippen molar-refractivity contribution < 1.29 is 17.9 Å². The summed E-state index contributed by atoms with van der Waals surface area (Å²) in [6.45, 7) is 5.08. The van der Waals surface area contributed by atoms with Crippen molar-refractivity contribution in [1.29, 1.82) is 0 Å². The molecule has 0 bridgehead atoms. The Morgan fingerprint density at radius 1 is 1.07 bits per heavy atom. The Kier molecular flexibility index (Phi) is 8.19. The molecule has 0 radical (unpaired) electrons. The summed E-state index contributed by atoms with van der Waals surface area (Å²) >= 11 is 0. The van der Waals surface area contributed by atoms with Gasteiger partial charge in [0.15, 0.2) is 0 Å². The summed E-state index contributed by atoms with van der Waals surface area (Å²) in [5, 5.41) is 2.78. The molecule has 0 fully saturated rings. The fourth-order valence-corrected chi connectivity index (χ4v) is 4.58. The summed E-state index contributed by atoms with van der Waals surface area (Å²) in [7, 11) is -0.117. The molecule has 7 nitrogen and oxygen atoms in total. The molecule has 0 saturated heterocycles. The van der Waals surface area contributed by atoms with Gasteiger partial charge < -0.3 is 10.1 Å². The minimum Gasteiger partial charge on any atom is -0.496 e. The number of amides is 1. The molecule has 1 N–H and O–H groups in total. The van der Waals surface area contributed by atoms with Crippen molar-refractivity contribution in [3.05, 3.63) is 54.1 Å². The van der Waals surface area contributed by atoms with Crippen LogP contribution in [0.15, 0.2) is 53.4 Å². The van der Waals surface area contributed by atoms with Gasteiger partial charge >= 0.3 is 0 Å². The van der Waals surface area contributed by atoms with E-state index in [1.54, 1.807) is 33.1 Å². The van der Waals surface area contributed by atoms with Gasteiger partial charge in [0.05, 0.1) is 18.6 Å². The molecule has 1 amide bonds. The van der Waals surface area contributed by atoms with E-state index in [0.717, 1.165) is 11.3 Å². The summed E-state index contributed by atoms with van der Waals surface area (Å²) in [6.07, 6.45) is 0. The van der Waals surface area contributed by atoms with E-state index in [2.05, 4.69) is 5.32 Å². The van der Waals surface area contributed by atoms with Crippen LogP contribution in [0.1, 0.15) is 19.4 Å². The van der Waals surface area contributed by atoms with E-state index in [-0.39, 0.29) is 17.3 Å². The Hall–Kier alpha value is -2.42. The highest BCUT2D eigenvalue weighted by Gasteiger charge is 2.22. The van der Waals surface area contributed by atoms with Crippen molar-refractivity contribution >= 4 is 21.6 Å². The monoisotopic (exact) mass is 419 g/mol. The van der Waals surface area contributed by atoms with Crippen LogP contribution in [0.2, 0.25) is 0 Å². The van der Waals surface area contributed by atoms with Crippen LogP contribution in [-0.2, 0) is 21.4 Å². The lowest BCUT2D eigenvalue weighted by atomic mass is 10.2. The Balaban J connectivity index is 2.04. The van der Waals surface area contributed by atoms with Crippen LogP contribution < -0.4 is 10.1 Å². The molecule has 8 heteroatoms. The molecule has 2 aromatic carbocycles. The standard InChI is InChI=1S/C21H29N3O4S/c1-5-24(6-2)29(26,27)19-12-9-11-18(14-19)22-21(25)16-23(3)15-17-10-7-8-13-20(17)28-4/h7-14H,5-6,15-16H2,1-4H3,(H,22,25). The number of carbonyl (C=O) groups excluding carboxylic acids is 1. The second kappa shape index (κ2) is 10.4. The van der Waals surface area contributed by atoms with Crippen LogP contribution in [0.4, 0.5) is 5.69 Å². The minimum absolute atomic E-state index is 0.158. The largest absolute Gasteiger partial charge is 0.496 e. The number of ether oxygens (including phenoxy) is 1. The maximum Gasteiger partial charge on any atom is 0.243 e. The Bertz CT molecular complexity index is 927. The molecule has 2 aromatic rings. The van der Waals surface area contributed by atoms with Gasteiger partial charge in [0.2, 0.25) is 15.9 Å². The summed E-state index contributed by atoms with van der Waals surface area (Å²) in [4.78, 5) is 14.5. The van der Waals surface area contributed by atoms with Crippen molar-refractivity contribution in [3.63, 3.8) is 0 Å². The second-order valence-electron chi connectivity index (χ2n) is 6.65. The normalized spacial score (nSPS) is 11.7. The summed E-state index contributed by atoms with van der Waals surface area (Å²) in [5.74, 6) is 0.550. The molecule has 0 aliphatic heterocycles. The first-order valence-corrected chi connectivity index (χ1v) is 11.0. The number of sulfonamides is 1. The van der Waals surface area contributed by atoms with E-state index in [9.17, 15) is 13.2 Å². The number of nitrogens with one attached hydrogen (secondary N) is 1. The number of benzene rings is 2. The van der Waals surface area contributed by atoms with Gasteiger partial charge in [0.25, 0.3) is 0 Å². The van der Waals surface area contributed by atoms with Gasteiger partial charge in [-0.15, -0.1) is 0 Å². The highest BCUT2D eigenvalue weighted by Crippen LogP contribution is 2.20. The summed E-state index contributed by atoms with van der Waals surface area (Å²) in [5.41, 5.74) is 1.44. The quantitative estimate of drug-likeness (QED) is 0.641. The van der Waals surface area contributed by atoms with Gasteiger partial charge in [-0.25, -0.2) is 8.42 Å². The molecule has 0 aromatic heterocycles. The van der Waals surface area contributed by atoms with E-state index in [1.807, 2.05) is 36.2 Å². The summed E-state index contributed by atoms with van der Waals surface area (Å²) < 4.78 is 32.1. The average Bonchev–Trinajstić information content (AvgIpc) is 2.69. The molecule has 0 unspecified atom stereocenters. The number of hydrogen-bond acceptors (Lipinski definition) is 5. The van der Waals surface area contributed by atoms with E-state index < -0.39 is 10.0 Å². The first-order chi connectivity index (χ1) is 13.8. The number of nitrogens with zero attached hydrogens (tertiary/aromatic N) is 2. The first-order valence-electron chi connectivity index (χ1n) is 9.52. The van der Waals surface area contributed by atoms with E-state index in [4.69, 9.17) is 4.74 Å². The van der Waals surface area contributed by atoms with Crippen molar-refractivity contribution in [3.8, 4) is 5.75 Å². The number of methoxy groups -OCH3 is 1. The van der Waals surface area contributed by atoms with Crippen LogP contribution in [0.3, 0.4) is 0 Å². The molecule has 2 rings (SSSR count). The van der Waals surface area contributed by atoms with Gasteiger partial charge in [-0.2, -0.15) is 4.31 Å². The number of para-hydroxylation sites is 1. The molecule has 0 atom stereocenters. The second-order valence-corrected chi connectivity index (χ2v) is 8.59. The molecular formula is C21H29N3O4S. The Morgan fingerprint density at radius 3 is 2.41 bits per heavy atom. The van der Waals surface area contributed by atoms with Gasteiger partial charge in [0, 0.05) is 30.9 Å². The van der Waals surface area contributed by atoms with Gasteiger partial charge in [-0.1, -0.05) is 38.1 Å². The number of likely N-dealkylation sites (N-methyl/N-ethyl adjacent to an activating group) is 1. The van der Waals surface area contributed by atoms with Gasteiger partial charge in [-0.05, 0) is 31.3 Å². The SMILES string of the molecule is CCN(CC)S(=O)(=O)c1cccc(NC(=O)CN(C)Cc2ccccc2OC)c1. The molecule has 0 heterocycles. The number of rotatable bonds is 10. The van der Waals surface area contributed by atoms with Crippen molar-refractivity contribution in [2.75, 3.05) is 39.1 Å². The van der Waals surface area contributed by atoms with Crippen molar-refractivity contribution in [2.45, 2.75) is 25.3 Å². The average molecular weight is 420 g/mol. The maximum atomic E-state index is 12.7. The molecule has 0 saturated carbocycles. The molecule has 29 heavy (non-hydrogen) atoms. The molecule has 0 aliphatic carbocycles. The third-order valence-corrected chi connectivity index (χ3v) is 6.55. The third kappa shape index (κ3) is 6.03. The van der Waals surface area contributed by atoms with Crippen LogP contribution in [-0.4, -0.2) is 57.3 Å². The van der Waals surface area contributed by atoms with E-state index in [1.165, 1.54) is 16.4 Å². The minimum atomic E-state index is -3.57. The predicted octanol–water partition coefficient (Wildman–Crippen LogP) is 2.80. The topological polar surface area (TPSA) is 79.0 Å². The number of anilines is 1. The molecule has 0 aliphatic rings. The predicted molar refractivity (Wildman–Crippen MR) is 115 cm³/mol. The zero-order chi connectivity index (χ0) is 21.4. The lowest BCUT2D eigenvalue weighted by Crippen LogP contribution is -2.31. The number of carbonyl (C=O) groups is 1. The van der Waals surface area contributed by atoms with E-state index >= 15 is 0 Å². The zero-order valence-electron chi connectivity index (χ0n) is 17.4. The third-order valence-electron chi connectivity index (χ3n) is 4.51. The maximum absolute atomic E-state index is 12.7.